The van der Waals surface area contributed by atoms with Crippen molar-refractivity contribution in [2.75, 3.05) is 24.7 Å². The van der Waals surface area contributed by atoms with Gasteiger partial charge in [-0.25, -0.2) is 33.3 Å². The predicted molar refractivity (Wildman–Crippen MR) is 157 cm³/mol. The molecule has 45 heavy (non-hydrogen) atoms. The molecule has 0 aliphatic carbocycles. The van der Waals surface area contributed by atoms with Crippen LogP contribution in [0, 0.1) is 0 Å². The number of ether oxygens (including phenoxy) is 2. The zero-order valence-electron chi connectivity index (χ0n) is 22.4. The fourth-order valence-electron chi connectivity index (χ4n) is 4.92. The molecule has 2 fully saturated rings. The van der Waals surface area contributed by atoms with Gasteiger partial charge in [-0.3, -0.25) is 32.5 Å². The first kappa shape index (κ1) is 32.2. The predicted octanol–water partition coefficient (Wildman–Crippen LogP) is 0.732. The van der Waals surface area contributed by atoms with Crippen LogP contribution in [0.15, 0.2) is 23.8 Å². The number of fused-ring (bicyclic) bond motifs is 2. The number of alkyl halides is 2. The fourth-order valence-corrected chi connectivity index (χ4v) is 6.90. The molecule has 6 heterocycles. The Kier molecular flexibility index (Phi) is 8.93. The molecule has 25 heteroatoms. The van der Waals surface area contributed by atoms with Gasteiger partial charge in [-0.05, 0) is 0 Å². The maximum Gasteiger partial charge on any atom is 0.386 e. The van der Waals surface area contributed by atoms with E-state index in [1.165, 1.54) is 10.9 Å². The quantitative estimate of drug-likeness (QED) is 0.0978. The summed E-state index contributed by atoms with van der Waals surface area (Å²) in [4.78, 5) is 34.4. The van der Waals surface area contributed by atoms with Crippen molar-refractivity contribution >= 4 is 72.6 Å². The molecular formula is C20H24F2N10O9P2S2. The molecule has 6 rings (SSSR count). The van der Waals surface area contributed by atoms with Crippen LogP contribution < -0.4 is 17.0 Å². The van der Waals surface area contributed by atoms with Crippen LogP contribution in [0.2, 0.25) is 0 Å². The van der Waals surface area contributed by atoms with Crippen molar-refractivity contribution in [3.63, 3.8) is 0 Å². The number of halogens is 2. The molecule has 0 radical (unpaired) electrons. The van der Waals surface area contributed by atoms with Crippen molar-refractivity contribution in [3.8, 4) is 0 Å². The van der Waals surface area contributed by atoms with Crippen molar-refractivity contribution in [1.82, 2.24) is 39.0 Å². The van der Waals surface area contributed by atoms with E-state index in [4.69, 9.17) is 34.5 Å². The second-order valence-electron chi connectivity index (χ2n) is 9.78. The van der Waals surface area contributed by atoms with Crippen LogP contribution in [0.5, 0.6) is 0 Å². The van der Waals surface area contributed by atoms with E-state index in [0.717, 1.165) is 17.2 Å². The summed E-state index contributed by atoms with van der Waals surface area (Å²) in [5, 5.41) is 10.5. The molecule has 2 saturated heterocycles. The van der Waals surface area contributed by atoms with E-state index in [-0.39, 0.29) is 34.1 Å². The Morgan fingerprint density at radius 3 is 2.47 bits per heavy atom. The Labute approximate surface area is 260 Å². The number of aliphatic hydroxyl groups is 1. The van der Waals surface area contributed by atoms with Crippen molar-refractivity contribution in [2.45, 2.75) is 49.2 Å². The SMILES string of the molecule is Nc1nc2c(ncn2C2O[C@H](CO[PH](=O)S)[C@@H](F)[C@H]2OP(=O)(S)OC[C@H]2O[C@@H](n3cnc4c(N)ncnc43)[C@@H](F)[C@@H]2O)c(=O)[nH]1. The lowest BCUT2D eigenvalue weighted by atomic mass is 10.1. The van der Waals surface area contributed by atoms with Crippen LogP contribution in [0.1, 0.15) is 12.5 Å². The number of nitrogens with one attached hydrogen (secondary N) is 1. The largest absolute Gasteiger partial charge is 0.387 e. The number of nitrogens with zero attached hydrogens (tertiary/aromatic N) is 7. The number of aromatic amines is 1. The molecule has 4 aromatic rings. The van der Waals surface area contributed by atoms with Crippen molar-refractivity contribution in [2.24, 2.45) is 0 Å². The number of aliphatic hydroxyl groups excluding tert-OH is 1. The Morgan fingerprint density at radius 2 is 1.73 bits per heavy atom. The van der Waals surface area contributed by atoms with Crippen LogP contribution in [0.3, 0.4) is 0 Å². The third-order valence-corrected chi connectivity index (χ3v) is 9.39. The fraction of sp³-hybridized carbons (Fsp3) is 0.500. The van der Waals surface area contributed by atoms with E-state index in [1.807, 2.05) is 0 Å². The number of rotatable bonds is 10. The van der Waals surface area contributed by atoms with Gasteiger partial charge in [0.1, 0.15) is 36.3 Å². The number of nitrogen functional groups attached to an aromatic ring is 2. The maximum absolute atomic E-state index is 15.7. The third-order valence-electron chi connectivity index (χ3n) is 6.97. The summed E-state index contributed by atoms with van der Waals surface area (Å²) in [5.74, 6) is -0.234. The lowest BCUT2D eigenvalue weighted by Gasteiger charge is -2.25. The monoisotopic (exact) mass is 712 g/mol. The summed E-state index contributed by atoms with van der Waals surface area (Å²) < 4.78 is 85.0. The highest BCUT2D eigenvalue weighted by Gasteiger charge is 2.51. The van der Waals surface area contributed by atoms with E-state index in [0.29, 0.717) is 0 Å². The van der Waals surface area contributed by atoms with Gasteiger partial charge in [-0.15, -0.1) is 0 Å². The molecule has 0 aromatic carbocycles. The van der Waals surface area contributed by atoms with Gasteiger partial charge >= 0.3 is 6.80 Å². The zero-order chi connectivity index (χ0) is 32.2. The highest BCUT2D eigenvalue weighted by atomic mass is 32.7. The van der Waals surface area contributed by atoms with E-state index in [2.05, 4.69) is 54.4 Å². The summed E-state index contributed by atoms with van der Waals surface area (Å²) in [7, 11) is -2.79. The van der Waals surface area contributed by atoms with Gasteiger partial charge in [0.25, 0.3) is 5.56 Å². The van der Waals surface area contributed by atoms with Crippen LogP contribution in [0.4, 0.5) is 20.5 Å². The van der Waals surface area contributed by atoms with E-state index in [9.17, 15) is 19.0 Å². The highest BCUT2D eigenvalue weighted by Crippen LogP contribution is 2.57. The van der Waals surface area contributed by atoms with Gasteiger partial charge in [0.2, 0.25) is 13.2 Å². The molecule has 0 amide bonds. The number of imidazole rings is 2. The van der Waals surface area contributed by atoms with Gasteiger partial charge in [-0.1, -0.05) is 24.5 Å². The first-order chi connectivity index (χ1) is 21.3. The minimum Gasteiger partial charge on any atom is -0.387 e. The van der Waals surface area contributed by atoms with Crippen LogP contribution in [-0.2, 0) is 32.2 Å². The molecule has 2 aliphatic rings. The second kappa shape index (κ2) is 12.5. The van der Waals surface area contributed by atoms with Gasteiger partial charge in [0.05, 0.1) is 25.9 Å². The van der Waals surface area contributed by atoms with Gasteiger partial charge in [0, 0.05) is 0 Å². The van der Waals surface area contributed by atoms with Crippen LogP contribution >= 0.6 is 38.5 Å². The number of nitrogens with two attached hydrogens (primary N) is 2. The van der Waals surface area contributed by atoms with Gasteiger partial charge in [-0.2, -0.15) is 4.98 Å². The summed E-state index contributed by atoms with van der Waals surface area (Å²) in [6.07, 6.45) is -9.92. The molecule has 0 spiro atoms. The molecule has 244 valence electrons. The van der Waals surface area contributed by atoms with Crippen molar-refractivity contribution < 1.29 is 46.1 Å². The molecular weight excluding hydrogens is 688 g/mol. The van der Waals surface area contributed by atoms with Crippen LogP contribution in [-0.4, -0.2) is 94.1 Å². The number of anilines is 2. The van der Waals surface area contributed by atoms with Gasteiger partial charge in [0.15, 0.2) is 47.4 Å². The molecule has 3 unspecified atom stereocenters. The number of thiol groups is 2. The minimum absolute atomic E-state index is 0.0460. The number of H-pyrrole nitrogens is 1. The summed E-state index contributed by atoms with van der Waals surface area (Å²) in [6.45, 7) is -5.80. The molecule has 0 bridgehead atoms. The average molecular weight is 713 g/mol. The Hall–Kier alpha value is -2.72. The Morgan fingerprint density at radius 1 is 1.04 bits per heavy atom. The number of hydrogen-bond donors (Lipinski definition) is 6. The second-order valence-corrected chi connectivity index (χ2v) is 14.6. The molecule has 4 aromatic heterocycles. The lowest BCUT2D eigenvalue weighted by Crippen LogP contribution is -2.33. The average Bonchev–Trinajstić information content (AvgIpc) is 3.73. The number of aromatic nitrogens is 8. The van der Waals surface area contributed by atoms with Crippen LogP contribution in [0.25, 0.3) is 22.3 Å². The van der Waals surface area contributed by atoms with Gasteiger partial charge < -0.3 is 30.6 Å². The normalized spacial score (nSPS) is 30.7. The zero-order valence-corrected chi connectivity index (χ0v) is 26.0. The van der Waals surface area contributed by atoms with E-state index >= 15 is 8.78 Å². The first-order valence-corrected chi connectivity index (χ1v) is 18.1. The third kappa shape index (κ3) is 6.21. The summed E-state index contributed by atoms with van der Waals surface area (Å²) in [6, 6.07) is 0. The standard InChI is InChI=1S/C20H24F2N10O9P2S2/c21-8-6(1-37-42(35)44)39-19(32-5-28-11-16(32)29-20(24)30-17(11)34)13(8)41-43(36,45)38-2-7-12(33)9(22)18(40-7)31-4-27-10-14(23)25-3-26-15(10)31/h3-9,12-13,18-19,33,42H,1-2H2,(H,35,44)(H,36,45)(H2,23,25,26)(H3,24,29,30,34)/t6-,7-,8-,9+,12-,13-,18-,19?,43?/m1/s1. The highest BCUT2D eigenvalue weighted by molar-refractivity contribution is 8.44. The summed E-state index contributed by atoms with van der Waals surface area (Å²) >= 11 is 7.60. The molecule has 6 N–H and O–H groups in total. The van der Waals surface area contributed by atoms with E-state index in [1.54, 1.807) is 0 Å². The molecule has 2 aliphatic heterocycles. The first-order valence-electron chi connectivity index (χ1n) is 12.8. The molecule has 10 atom stereocenters. The minimum atomic E-state index is -4.54. The molecule has 0 saturated carbocycles. The van der Waals surface area contributed by atoms with Crippen molar-refractivity contribution in [1.29, 1.82) is 0 Å². The lowest BCUT2D eigenvalue weighted by molar-refractivity contribution is -0.0512. The van der Waals surface area contributed by atoms with E-state index < -0.39 is 82.0 Å². The topological polar surface area (TPSA) is 260 Å². The molecule has 19 nitrogen and oxygen atoms in total. The summed E-state index contributed by atoms with van der Waals surface area (Å²) in [5.41, 5.74) is 10.8. The number of hydrogen-bond acceptors (Lipinski definition) is 16. The Balaban J connectivity index is 1.20. The van der Waals surface area contributed by atoms with Crippen molar-refractivity contribution in [3.05, 3.63) is 29.3 Å². The maximum atomic E-state index is 15.7. The smallest absolute Gasteiger partial charge is 0.386 e. The Bertz CT molecular complexity index is 1870.